The Labute approximate surface area is 132 Å². The largest absolute Gasteiger partial charge is 0.355 e. The lowest BCUT2D eigenvalue weighted by molar-refractivity contribution is 0.207. The first-order chi connectivity index (χ1) is 10.6. The van der Waals surface area contributed by atoms with E-state index in [9.17, 15) is 0 Å². The standard InChI is InChI=1S/C17H25N5/c1-14-15(11-19-21(14)3)12-20(2)16-7-6-10-22(13-16)17-8-4-5-9-18-17/h4-5,8-9,11,16H,6-7,10,12-13H2,1-3H3/t16-/m1/s1. The lowest BCUT2D eigenvalue weighted by atomic mass is 10.0. The zero-order valence-corrected chi connectivity index (χ0v) is 13.7. The Balaban J connectivity index is 1.65. The highest BCUT2D eigenvalue weighted by Gasteiger charge is 2.24. The molecule has 1 aliphatic heterocycles. The lowest BCUT2D eigenvalue weighted by Gasteiger charge is -2.38. The molecule has 3 heterocycles. The predicted molar refractivity (Wildman–Crippen MR) is 88.9 cm³/mol. The third-order valence-corrected chi connectivity index (χ3v) is 4.75. The summed E-state index contributed by atoms with van der Waals surface area (Å²) in [5.74, 6) is 1.10. The van der Waals surface area contributed by atoms with Crippen LogP contribution in [0.3, 0.4) is 0 Å². The van der Waals surface area contributed by atoms with Crippen molar-refractivity contribution in [2.24, 2.45) is 7.05 Å². The first kappa shape index (κ1) is 15.0. The maximum Gasteiger partial charge on any atom is 0.128 e. The monoisotopic (exact) mass is 299 g/mol. The summed E-state index contributed by atoms with van der Waals surface area (Å²) in [7, 11) is 4.22. The van der Waals surface area contributed by atoms with E-state index in [1.165, 1.54) is 24.1 Å². The van der Waals surface area contributed by atoms with Crippen molar-refractivity contribution >= 4 is 5.82 Å². The summed E-state index contributed by atoms with van der Waals surface area (Å²) in [5, 5.41) is 4.35. The Morgan fingerprint density at radius 3 is 2.91 bits per heavy atom. The molecule has 22 heavy (non-hydrogen) atoms. The molecule has 0 aliphatic carbocycles. The van der Waals surface area contributed by atoms with Crippen LogP contribution >= 0.6 is 0 Å². The molecule has 0 bridgehead atoms. The zero-order valence-electron chi connectivity index (χ0n) is 13.7. The molecule has 0 amide bonds. The van der Waals surface area contributed by atoms with Gasteiger partial charge < -0.3 is 4.90 Å². The average Bonchev–Trinajstić information content (AvgIpc) is 2.88. The van der Waals surface area contributed by atoms with Gasteiger partial charge in [-0.1, -0.05) is 6.07 Å². The van der Waals surface area contributed by atoms with Crippen molar-refractivity contribution in [3.05, 3.63) is 41.9 Å². The molecular formula is C17H25N5. The van der Waals surface area contributed by atoms with Gasteiger partial charge in [0.25, 0.3) is 0 Å². The van der Waals surface area contributed by atoms with Crippen molar-refractivity contribution in [1.29, 1.82) is 0 Å². The number of hydrogen-bond acceptors (Lipinski definition) is 4. The summed E-state index contributed by atoms with van der Waals surface area (Å²) in [6.45, 7) is 5.25. The predicted octanol–water partition coefficient (Wildman–Crippen LogP) is 2.22. The average molecular weight is 299 g/mol. The number of aromatic nitrogens is 3. The molecule has 5 nitrogen and oxygen atoms in total. The van der Waals surface area contributed by atoms with Crippen molar-refractivity contribution in [3.8, 4) is 0 Å². The molecule has 0 N–H and O–H groups in total. The number of aryl methyl sites for hydroxylation is 1. The van der Waals surface area contributed by atoms with E-state index in [0.29, 0.717) is 6.04 Å². The van der Waals surface area contributed by atoms with Gasteiger partial charge in [0.2, 0.25) is 0 Å². The van der Waals surface area contributed by atoms with Gasteiger partial charge in [-0.15, -0.1) is 0 Å². The van der Waals surface area contributed by atoms with Crippen LogP contribution in [0.1, 0.15) is 24.1 Å². The molecule has 1 aliphatic rings. The van der Waals surface area contributed by atoms with Gasteiger partial charge in [0.05, 0.1) is 6.20 Å². The van der Waals surface area contributed by atoms with Gasteiger partial charge in [-0.2, -0.15) is 5.10 Å². The zero-order chi connectivity index (χ0) is 15.5. The summed E-state index contributed by atoms with van der Waals surface area (Å²) in [6, 6.07) is 6.71. The minimum Gasteiger partial charge on any atom is -0.355 e. The molecule has 5 heteroatoms. The fourth-order valence-corrected chi connectivity index (χ4v) is 3.16. The third kappa shape index (κ3) is 3.14. The van der Waals surface area contributed by atoms with Gasteiger partial charge in [0.15, 0.2) is 0 Å². The van der Waals surface area contributed by atoms with Crippen molar-refractivity contribution in [2.45, 2.75) is 32.4 Å². The Hall–Kier alpha value is -1.88. The number of rotatable bonds is 4. The van der Waals surface area contributed by atoms with Crippen LogP contribution < -0.4 is 4.90 Å². The molecule has 0 saturated carbocycles. The molecule has 2 aromatic heterocycles. The van der Waals surface area contributed by atoms with Gasteiger partial charge >= 0.3 is 0 Å². The Morgan fingerprint density at radius 1 is 1.36 bits per heavy atom. The van der Waals surface area contributed by atoms with Crippen molar-refractivity contribution < 1.29 is 0 Å². The fraction of sp³-hybridized carbons (Fsp3) is 0.529. The number of nitrogens with zero attached hydrogens (tertiary/aromatic N) is 5. The van der Waals surface area contributed by atoms with Gasteiger partial charge in [0.1, 0.15) is 5.82 Å². The van der Waals surface area contributed by atoms with Crippen LogP contribution in [0.5, 0.6) is 0 Å². The lowest BCUT2D eigenvalue weighted by Crippen LogP contribution is -2.46. The molecule has 1 atom stereocenters. The van der Waals surface area contributed by atoms with Crippen LogP contribution in [-0.4, -0.2) is 45.8 Å². The Bertz CT molecular complexity index is 607. The first-order valence-electron chi connectivity index (χ1n) is 7.99. The molecule has 3 rings (SSSR count). The second-order valence-corrected chi connectivity index (χ2v) is 6.22. The minimum absolute atomic E-state index is 0.565. The van der Waals surface area contributed by atoms with E-state index in [1.54, 1.807) is 0 Å². The van der Waals surface area contributed by atoms with Crippen LogP contribution in [0, 0.1) is 6.92 Å². The molecule has 0 spiro atoms. The van der Waals surface area contributed by atoms with E-state index < -0.39 is 0 Å². The van der Waals surface area contributed by atoms with E-state index in [4.69, 9.17) is 0 Å². The van der Waals surface area contributed by atoms with Gasteiger partial charge in [-0.25, -0.2) is 4.98 Å². The van der Waals surface area contributed by atoms with E-state index in [0.717, 1.165) is 25.5 Å². The SMILES string of the molecule is Cc1c(CN(C)[C@@H]2CCCN(c3ccccn3)C2)cnn1C. The van der Waals surface area contributed by atoms with Gasteiger partial charge in [0, 0.05) is 50.2 Å². The fourth-order valence-electron chi connectivity index (χ4n) is 3.16. The highest BCUT2D eigenvalue weighted by atomic mass is 15.3. The smallest absolute Gasteiger partial charge is 0.128 e. The molecule has 0 unspecified atom stereocenters. The summed E-state index contributed by atoms with van der Waals surface area (Å²) in [5.41, 5.74) is 2.57. The molecular weight excluding hydrogens is 274 g/mol. The maximum absolute atomic E-state index is 4.49. The van der Waals surface area contributed by atoms with E-state index >= 15 is 0 Å². The van der Waals surface area contributed by atoms with Crippen LogP contribution in [0.15, 0.2) is 30.6 Å². The highest BCUT2D eigenvalue weighted by molar-refractivity contribution is 5.38. The summed E-state index contributed by atoms with van der Waals surface area (Å²) in [4.78, 5) is 9.35. The highest BCUT2D eigenvalue weighted by Crippen LogP contribution is 2.21. The Kier molecular flexibility index (Phi) is 4.43. The number of piperidine rings is 1. The Morgan fingerprint density at radius 2 is 2.23 bits per heavy atom. The molecule has 0 radical (unpaired) electrons. The number of likely N-dealkylation sites (N-methyl/N-ethyl adjacent to an activating group) is 1. The number of pyridine rings is 1. The quantitative estimate of drug-likeness (QED) is 0.867. The van der Waals surface area contributed by atoms with Crippen molar-refractivity contribution in [2.75, 3.05) is 25.0 Å². The summed E-state index contributed by atoms with van der Waals surface area (Å²) in [6.07, 6.45) is 6.34. The molecule has 118 valence electrons. The summed E-state index contributed by atoms with van der Waals surface area (Å²) < 4.78 is 1.95. The van der Waals surface area contributed by atoms with Crippen LogP contribution in [0.4, 0.5) is 5.82 Å². The van der Waals surface area contributed by atoms with Crippen LogP contribution in [0.25, 0.3) is 0 Å². The van der Waals surface area contributed by atoms with Crippen LogP contribution in [-0.2, 0) is 13.6 Å². The van der Waals surface area contributed by atoms with E-state index in [1.807, 2.05) is 30.2 Å². The van der Waals surface area contributed by atoms with E-state index in [2.05, 4.69) is 46.0 Å². The van der Waals surface area contributed by atoms with Gasteiger partial charge in [-0.3, -0.25) is 9.58 Å². The second kappa shape index (κ2) is 6.48. The van der Waals surface area contributed by atoms with Gasteiger partial charge in [-0.05, 0) is 38.9 Å². The van der Waals surface area contributed by atoms with E-state index in [-0.39, 0.29) is 0 Å². The number of anilines is 1. The normalized spacial score (nSPS) is 18.9. The third-order valence-electron chi connectivity index (χ3n) is 4.75. The first-order valence-corrected chi connectivity index (χ1v) is 7.99. The molecule has 2 aromatic rings. The number of hydrogen-bond donors (Lipinski definition) is 0. The minimum atomic E-state index is 0.565. The molecule has 1 saturated heterocycles. The topological polar surface area (TPSA) is 37.2 Å². The van der Waals surface area contributed by atoms with Crippen molar-refractivity contribution in [3.63, 3.8) is 0 Å². The van der Waals surface area contributed by atoms with Crippen molar-refractivity contribution in [1.82, 2.24) is 19.7 Å². The summed E-state index contributed by atoms with van der Waals surface area (Å²) >= 11 is 0. The second-order valence-electron chi connectivity index (χ2n) is 6.22. The molecule has 0 aromatic carbocycles. The van der Waals surface area contributed by atoms with Crippen LogP contribution in [0.2, 0.25) is 0 Å². The maximum atomic E-state index is 4.49. The molecule has 1 fully saturated rings.